The number of carbonyl (C=O) groups is 1. The fourth-order valence-corrected chi connectivity index (χ4v) is 3.04. The number of amides is 1. The number of nitrogens with zero attached hydrogens (tertiary/aromatic N) is 2. The Labute approximate surface area is 135 Å². The molecule has 1 aliphatic rings. The highest BCUT2D eigenvalue weighted by Crippen LogP contribution is 2.33. The highest BCUT2D eigenvalue weighted by molar-refractivity contribution is 5.94. The number of hydrogen-bond donors (Lipinski definition) is 0. The van der Waals surface area contributed by atoms with Crippen molar-refractivity contribution >= 4 is 5.91 Å². The van der Waals surface area contributed by atoms with Gasteiger partial charge in [0.1, 0.15) is 5.75 Å². The maximum Gasteiger partial charge on any atom is 0.254 e. The van der Waals surface area contributed by atoms with Crippen LogP contribution in [0.15, 0.2) is 48.5 Å². The molecule has 1 amide bonds. The van der Waals surface area contributed by atoms with E-state index in [2.05, 4.69) is 6.07 Å². The minimum atomic E-state index is 0.0211. The topological polar surface area (TPSA) is 53.3 Å². The van der Waals surface area contributed by atoms with Crippen LogP contribution in [0, 0.1) is 11.3 Å². The van der Waals surface area contributed by atoms with E-state index < -0.39 is 0 Å². The minimum Gasteiger partial charge on any atom is -0.497 e. The standard InChI is InChI=1S/C19H18N2O2/c1-23-17-10-8-15(9-11-17)18-3-2-12-21(18)19(22)16-6-4-14(13-20)5-7-16/h4-11,18H,2-3,12H2,1H3. The van der Waals surface area contributed by atoms with Gasteiger partial charge in [0.05, 0.1) is 24.8 Å². The molecule has 0 spiro atoms. The van der Waals surface area contributed by atoms with Crippen LogP contribution in [0.3, 0.4) is 0 Å². The first-order valence-electron chi connectivity index (χ1n) is 7.68. The van der Waals surface area contributed by atoms with E-state index >= 15 is 0 Å². The average molecular weight is 306 g/mol. The Kier molecular flexibility index (Phi) is 4.29. The quantitative estimate of drug-likeness (QED) is 0.871. The van der Waals surface area contributed by atoms with E-state index in [0.717, 1.165) is 30.7 Å². The van der Waals surface area contributed by atoms with Gasteiger partial charge in [-0.1, -0.05) is 12.1 Å². The monoisotopic (exact) mass is 306 g/mol. The molecule has 1 saturated heterocycles. The van der Waals surface area contributed by atoms with E-state index in [9.17, 15) is 4.79 Å². The number of hydrogen-bond acceptors (Lipinski definition) is 3. The summed E-state index contributed by atoms with van der Waals surface area (Å²) in [5.41, 5.74) is 2.32. The molecule has 0 aliphatic carbocycles. The third-order valence-electron chi connectivity index (χ3n) is 4.28. The van der Waals surface area contributed by atoms with Gasteiger partial charge < -0.3 is 9.64 Å². The molecule has 4 nitrogen and oxygen atoms in total. The molecule has 0 bridgehead atoms. The van der Waals surface area contributed by atoms with Gasteiger partial charge in [0.25, 0.3) is 5.91 Å². The van der Waals surface area contributed by atoms with E-state index in [1.165, 1.54) is 0 Å². The molecule has 0 aromatic heterocycles. The lowest BCUT2D eigenvalue weighted by molar-refractivity contribution is 0.0735. The summed E-state index contributed by atoms with van der Waals surface area (Å²) < 4.78 is 5.19. The van der Waals surface area contributed by atoms with Gasteiger partial charge in [-0.15, -0.1) is 0 Å². The fraction of sp³-hybridized carbons (Fsp3) is 0.263. The van der Waals surface area contributed by atoms with Gasteiger partial charge in [0, 0.05) is 12.1 Å². The summed E-state index contributed by atoms with van der Waals surface area (Å²) >= 11 is 0. The normalized spacial score (nSPS) is 16.9. The summed E-state index contributed by atoms with van der Waals surface area (Å²) in [6, 6.07) is 16.9. The predicted molar refractivity (Wildman–Crippen MR) is 87.2 cm³/mol. The molecule has 116 valence electrons. The predicted octanol–water partition coefficient (Wildman–Crippen LogP) is 3.54. The Morgan fingerprint density at radius 2 is 1.87 bits per heavy atom. The second-order valence-corrected chi connectivity index (χ2v) is 5.62. The first-order chi connectivity index (χ1) is 11.2. The molecule has 1 atom stereocenters. The number of carbonyl (C=O) groups excluding carboxylic acids is 1. The number of nitriles is 1. The summed E-state index contributed by atoms with van der Waals surface area (Å²) in [6.07, 6.45) is 1.97. The van der Waals surface area contributed by atoms with Crippen molar-refractivity contribution in [1.82, 2.24) is 4.90 Å². The van der Waals surface area contributed by atoms with Gasteiger partial charge in [0.15, 0.2) is 0 Å². The van der Waals surface area contributed by atoms with Crippen LogP contribution < -0.4 is 4.74 Å². The zero-order valence-corrected chi connectivity index (χ0v) is 13.0. The summed E-state index contributed by atoms with van der Waals surface area (Å²) in [6.45, 7) is 0.759. The summed E-state index contributed by atoms with van der Waals surface area (Å²) in [7, 11) is 1.64. The summed E-state index contributed by atoms with van der Waals surface area (Å²) in [5.74, 6) is 0.838. The first kappa shape index (κ1) is 15.1. The van der Waals surface area contributed by atoms with E-state index in [0.29, 0.717) is 11.1 Å². The summed E-state index contributed by atoms with van der Waals surface area (Å²) in [4.78, 5) is 14.7. The Morgan fingerprint density at radius 3 is 2.48 bits per heavy atom. The van der Waals surface area contributed by atoms with E-state index in [1.807, 2.05) is 29.2 Å². The highest BCUT2D eigenvalue weighted by Gasteiger charge is 2.30. The Bertz CT molecular complexity index is 729. The van der Waals surface area contributed by atoms with E-state index in [4.69, 9.17) is 10.00 Å². The molecule has 0 N–H and O–H groups in total. The number of ether oxygens (including phenoxy) is 1. The first-order valence-corrected chi connectivity index (χ1v) is 7.68. The number of likely N-dealkylation sites (tertiary alicyclic amines) is 1. The van der Waals surface area contributed by atoms with Gasteiger partial charge in [-0.05, 0) is 54.8 Å². The molecular formula is C19H18N2O2. The van der Waals surface area contributed by atoms with Crippen molar-refractivity contribution in [3.8, 4) is 11.8 Å². The molecular weight excluding hydrogens is 288 g/mol. The van der Waals surface area contributed by atoms with Crippen LogP contribution in [-0.4, -0.2) is 24.5 Å². The SMILES string of the molecule is COc1ccc(C2CCCN2C(=O)c2ccc(C#N)cc2)cc1. The molecule has 23 heavy (non-hydrogen) atoms. The van der Waals surface area contributed by atoms with Gasteiger partial charge in [-0.2, -0.15) is 5.26 Å². The zero-order chi connectivity index (χ0) is 16.2. The lowest BCUT2D eigenvalue weighted by Gasteiger charge is -2.25. The third-order valence-corrected chi connectivity index (χ3v) is 4.28. The smallest absolute Gasteiger partial charge is 0.254 e. The molecule has 0 saturated carbocycles. The molecule has 1 aliphatic heterocycles. The van der Waals surface area contributed by atoms with Gasteiger partial charge >= 0.3 is 0 Å². The number of benzene rings is 2. The molecule has 1 heterocycles. The molecule has 0 radical (unpaired) electrons. The van der Waals surface area contributed by atoms with Crippen LogP contribution in [0.4, 0.5) is 0 Å². The van der Waals surface area contributed by atoms with Gasteiger partial charge in [-0.25, -0.2) is 0 Å². The average Bonchev–Trinajstić information content (AvgIpc) is 3.11. The number of rotatable bonds is 3. The fourth-order valence-electron chi connectivity index (χ4n) is 3.04. The van der Waals surface area contributed by atoms with Crippen molar-refractivity contribution in [2.45, 2.75) is 18.9 Å². The van der Waals surface area contributed by atoms with Crippen LogP contribution >= 0.6 is 0 Å². The van der Waals surface area contributed by atoms with E-state index in [-0.39, 0.29) is 11.9 Å². The van der Waals surface area contributed by atoms with Crippen molar-refractivity contribution in [1.29, 1.82) is 5.26 Å². The maximum absolute atomic E-state index is 12.8. The second kappa shape index (κ2) is 6.53. The molecule has 3 rings (SSSR count). The lowest BCUT2D eigenvalue weighted by atomic mass is 10.0. The van der Waals surface area contributed by atoms with E-state index in [1.54, 1.807) is 31.4 Å². The number of methoxy groups -OCH3 is 1. The van der Waals surface area contributed by atoms with Crippen molar-refractivity contribution in [3.05, 3.63) is 65.2 Å². The maximum atomic E-state index is 12.8. The van der Waals surface area contributed by atoms with Crippen LogP contribution in [0.1, 0.15) is 40.4 Å². The van der Waals surface area contributed by atoms with Crippen molar-refractivity contribution in [2.24, 2.45) is 0 Å². The lowest BCUT2D eigenvalue weighted by Crippen LogP contribution is -2.30. The van der Waals surface area contributed by atoms with Crippen LogP contribution in [0.25, 0.3) is 0 Å². The largest absolute Gasteiger partial charge is 0.497 e. The molecule has 1 fully saturated rings. The van der Waals surface area contributed by atoms with Gasteiger partial charge in [-0.3, -0.25) is 4.79 Å². The highest BCUT2D eigenvalue weighted by atomic mass is 16.5. The third kappa shape index (κ3) is 3.04. The van der Waals surface area contributed by atoms with Crippen molar-refractivity contribution in [3.63, 3.8) is 0 Å². The van der Waals surface area contributed by atoms with Crippen LogP contribution in [0.5, 0.6) is 5.75 Å². The Hall–Kier alpha value is -2.80. The van der Waals surface area contributed by atoms with Crippen LogP contribution in [-0.2, 0) is 0 Å². The zero-order valence-electron chi connectivity index (χ0n) is 13.0. The Balaban J connectivity index is 1.82. The summed E-state index contributed by atoms with van der Waals surface area (Å²) in [5, 5.41) is 8.86. The second-order valence-electron chi connectivity index (χ2n) is 5.62. The molecule has 4 heteroatoms. The Morgan fingerprint density at radius 1 is 1.17 bits per heavy atom. The molecule has 2 aromatic rings. The molecule has 2 aromatic carbocycles. The van der Waals surface area contributed by atoms with Crippen molar-refractivity contribution < 1.29 is 9.53 Å². The van der Waals surface area contributed by atoms with Gasteiger partial charge in [0.2, 0.25) is 0 Å². The minimum absolute atomic E-state index is 0.0211. The molecule has 1 unspecified atom stereocenters. The van der Waals surface area contributed by atoms with Crippen molar-refractivity contribution in [2.75, 3.05) is 13.7 Å². The van der Waals surface area contributed by atoms with Crippen LogP contribution in [0.2, 0.25) is 0 Å².